The van der Waals surface area contributed by atoms with Gasteiger partial charge in [0.05, 0.1) is 0 Å². The SMILES string of the molecule is O=C(COc1ccc2c(-c3ccccc3)cc(=O)oc2c1)N1CCc2ccccc21. The molecule has 1 aliphatic rings. The third-order valence-corrected chi connectivity index (χ3v) is 5.35. The standard InChI is InChI=1S/C25H19NO4/c27-24(26-13-12-18-8-4-5-9-22(18)26)16-29-19-10-11-20-21(17-6-2-1-3-7-17)15-25(28)30-23(20)14-19/h1-11,14-15H,12-13,16H2. The van der Waals surface area contributed by atoms with Gasteiger partial charge in [0, 0.05) is 29.8 Å². The van der Waals surface area contributed by atoms with Gasteiger partial charge in [-0.25, -0.2) is 4.79 Å². The summed E-state index contributed by atoms with van der Waals surface area (Å²) in [7, 11) is 0. The lowest BCUT2D eigenvalue weighted by Crippen LogP contribution is -2.33. The largest absolute Gasteiger partial charge is 0.484 e. The van der Waals surface area contributed by atoms with Gasteiger partial charge in [-0.15, -0.1) is 0 Å². The van der Waals surface area contributed by atoms with Gasteiger partial charge in [0.1, 0.15) is 11.3 Å². The van der Waals surface area contributed by atoms with Gasteiger partial charge >= 0.3 is 5.63 Å². The fourth-order valence-corrected chi connectivity index (χ4v) is 3.91. The Hall–Kier alpha value is -3.86. The zero-order chi connectivity index (χ0) is 20.5. The highest BCUT2D eigenvalue weighted by Crippen LogP contribution is 2.30. The molecule has 0 unspecified atom stereocenters. The van der Waals surface area contributed by atoms with Gasteiger partial charge in [0.15, 0.2) is 6.61 Å². The van der Waals surface area contributed by atoms with Gasteiger partial charge in [-0.1, -0.05) is 48.5 Å². The number of carbonyl (C=O) groups is 1. The van der Waals surface area contributed by atoms with Crippen molar-refractivity contribution >= 4 is 22.6 Å². The van der Waals surface area contributed by atoms with Crippen LogP contribution in [-0.4, -0.2) is 19.1 Å². The lowest BCUT2D eigenvalue weighted by Gasteiger charge is -2.17. The maximum atomic E-state index is 12.7. The molecule has 148 valence electrons. The Labute approximate surface area is 173 Å². The third kappa shape index (κ3) is 3.35. The number of para-hydroxylation sites is 1. The number of carbonyl (C=O) groups excluding carboxylic acids is 1. The molecule has 0 saturated heterocycles. The highest BCUT2D eigenvalue weighted by Gasteiger charge is 2.24. The number of benzene rings is 3. The number of fused-ring (bicyclic) bond motifs is 2. The molecule has 5 heteroatoms. The first-order valence-electron chi connectivity index (χ1n) is 9.83. The predicted octanol–water partition coefficient (Wildman–Crippen LogP) is 4.43. The van der Waals surface area contributed by atoms with Gasteiger partial charge in [-0.3, -0.25) is 4.79 Å². The Bertz CT molecular complexity index is 1290. The van der Waals surface area contributed by atoms with Crippen LogP contribution in [0.3, 0.4) is 0 Å². The van der Waals surface area contributed by atoms with E-state index in [-0.39, 0.29) is 12.5 Å². The molecule has 1 aromatic heterocycles. The molecule has 1 aliphatic heterocycles. The summed E-state index contributed by atoms with van der Waals surface area (Å²) in [5.41, 5.74) is 3.86. The topological polar surface area (TPSA) is 59.8 Å². The molecule has 0 saturated carbocycles. The summed E-state index contributed by atoms with van der Waals surface area (Å²) in [6.07, 6.45) is 0.852. The van der Waals surface area contributed by atoms with Crippen LogP contribution in [0.4, 0.5) is 5.69 Å². The molecule has 1 amide bonds. The summed E-state index contributed by atoms with van der Waals surface area (Å²) >= 11 is 0. The van der Waals surface area contributed by atoms with E-state index in [4.69, 9.17) is 9.15 Å². The first kappa shape index (κ1) is 18.2. The molecule has 0 atom stereocenters. The Morgan fingerprint density at radius 1 is 0.967 bits per heavy atom. The lowest BCUT2D eigenvalue weighted by atomic mass is 10.0. The number of amides is 1. The smallest absolute Gasteiger partial charge is 0.336 e. The Morgan fingerprint density at radius 2 is 1.77 bits per heavy atom. The summed E-state index contributed by atoms with van der Waals surface area (Å²) < 4.78 is 11.1. The van der Waals surface area contributed by atoms with E-state index in [1.54, 1.807) is 17.0 Å². The first-order chi connectivity index (χ1) is 14.7. The maximum Gasteiger partial charge on any atom is 0.336 e. The van der Waals surface area contributed by atoms with Crippen LogP contribution >= 0.6 is 0 Å². The van der Waals surface area contributed by atoms with Crippen molar-refractivity contribution in [3.63, 3.8) is 0 Å². The minimum atomic E-state index is -0.428. The van der Waals surface area contributed by atoms with E-state index in [1.165, 1.54) is 11.6 Å². The van der Waals surface area contributed by atoms with E-state index in [1.807, 2.05) is 60.7 Å². The van der Waals surface area contributed by atoms with E-state index < -0.39 is 5.63 Å². The average molecular weight is 397 g/mol. The van der Waals surface area contributed by atoms with Gasteiger partial charge in [0.2, 0.25) is 0 Å². The Morgan fingerprint density at radius 3 is 2.63 bits per heavy atom. The molecular formula is C25H19NO4. The number of rotatable bonds is 4. The van der Waals surface area contributed by atoms with Crippen LogP contribution in [-0.2, 0) is 11.2 Å². The molecule has 0 spiro atoms. The third-order valence-electron chi connectivity index (χ3n) is 5.35. The van der Waals surface area contributed by atoms with Crippen molar-refractivity contribution in [2.75, 3.05) is 18.1 Å². The first-order valence-corrected chi connectivity index (χ1v) is 9.83. The molecule has 0 fully saturated rings. The van der Waals surface area contributed by atoms with Crippen LogP contribution in [0.5, 0.6) is 5.75 Å². The van der Waals surface area contributed by atoms with Crippen molar-refractivity contribution in [3.05, 3.63) is 94.8 Å². The maximum absolute atomic E-state index is 12.7. The number of anilines is 1. The lowest BCUT2D eigenvalue weighted by molar-refractivity contribution is -0.120. The van der Waals surface area contributed by atoms with Crippen LogP contribution in [0, 0.1) is 0 Å². The monoisotopic (exact) mass is 397 g/mol. The van der Waals surface area contributed by atoms with E-state index in [0.29, 0.717) is 17.9 Å². The molecule has 0 bridgehead atoms. The van der Waals surface area contributed by atoms with E-state index in [9.17, 15) is 9.59 Å². The minimum absolute atomic E-state index is 0.0809. The molecule has 0 N–H and O–H groups in total. The number of hydrogen-bond acceptors (Lipinski definition) is 4. The molecule has 5 rings (SSSR count). The Balaban J connectivity index is 1.39. The highest BCUT2D eigenvalue weighted by molar-refractivity contribution is 5.97. The fraction of sp³-hybridized carbons (Fsp3) is 0.120. The normalized spacial score (nSPS) is 12.7. The van der Waals surface area contributed by atoms with E-state index in [2.05, 4.69) is 0 Å². The van der Waals surface area contributed by atoms with E-state index >= 15 is 0 Å². The quantitative estimate of drug-likeness (QED) is 0.478. The minimum Gasteiger partial charge on any atom is -0.484 e. The highest BCUT2D eigenvalue weighted by atomic mass is 16.5. The predicted molar refractivity (Wildman–Crippen MR) is 116 cm³/mol. The molecule has 0 aliphatic carbocycles. The summed E-state index contributed by atoms with van der Waals surface area (Å²) in [5.74, 6) is 0.385. The second-order valence-electron chi connectivity index (χ2n) is 7.22. The van der Waals surface area contributed by atoms with Crippen molar-refractivity contribution in [3.8, 4) is 16.9 Å². The molecule has 3 aromatic carbocycles. The fourth-order valence-electron chi connectivity index (χ4n) is 3.91. The van der Waals surface area contributed by atoms with Gasteiger partial charge in [-0.2, -0.15) is 0 Å². The summed E-state index contributed by atoms with van der Waals surface area (Å²) in [6.45, 7) is 0.580. The van der Waals surface area contributed by atoms with Crippen LogP contribution < -0.4 is 15.3 Å². The molecule has 4 aromatic rings. The number of hydrogen-bond donors (Lipinski definition) is 0. The molecular weight excluding hydrogens is 378 g/mol. The number of nitrogens with zero attached hydrogens (tertiary/aromatic N) is 1. The van der Waals surface area contributed by atoms with E-state index in [0.717, 1.165) is 28.6 Å². The van der Waals surface area contributed by atoms with Gasteiger partial charge in [0.25, 0.3) is 5.91 Å². The van der Waals surface area contributed by atoms with Gasteiger partial charge in [-0.05, 0) is 41.3 Å². The summed E-state index contributed by atoms with van der Waals surface area (Å²) in [4.78, 5) is 26.5. The number of ether oxygens (including phenoxy) is 1. The van der Waals surface area contributed by atoms with Crippen molar-refractivity contribution in [1.29, 1.82) is 0 Å². The zero-order valence-corrected chi connectivity index (χ0v) is 16.2. The molecule has 0 radical (unpaired) electrons. The molecule has 2 heterocycles. The van der Waals surface area contributed by atoms with Crippen molar-refractivity contribution in [1.82, 2.24) is 0 Å². The van der Waals surface area contributed by atoms with Crippen molar-refractivity contribution < 1.29 is 13.9 Å². The Kier molecular flexibility index (Phi) is 4.56. The molecule has 30 heavy (non-hydrogen) atoms. The average Bonchev–Trinajstić information content (AvgIpc) is 3.21. The van der Waals surface area contributed by atoms with Crippen molar-refractivity contribution in [2.24, 2.45) is 0 Å². The zero-order valence-electron chi connectivity index (χ0n) is 16.2. The van der Waals surface area contributed by atoms with Gasteiger partial charge < -0.3 is 14.1 Å². The second-order valence-corrected chi connectivity index (χ2v) is 7.22. The van der Waals surface area contributed by atoms with Crippen LogP contribution in [0.25, 0.3) is 22.1 Å². The second kappa shape index (κ2) is 7.52. The van der Waals surface area contributed by atoms with Crippen LogP contribution in [0.1, 0.15) is 5.56 Å². The van der Waals surface area contributed by atoms with Crippen molar-refractivity contribution in [2.45, 2.75) is 6.42 Å². The van der Waals surface area contributed by atoms with Crippen LogP contribution in [0.15, 0.2) is 88.1 Å². The summed E-state index contributed by atoms with van der Waals surface area (Å²) in [5, 5.41) is 0.813. The van der Waals surface area contributed by atoms with Crippen LogP contribution in [0.2, 0.25) is 0 Å². The molecule has 5 nitrogen and oxygen atoms in total. The summed E-state index contributed by atoms with van der Waals surface area (Å²) in [6, 6.07) is 24.4.